The number of nitrogens with zero attached hydrogens (tertiary/aromatic N) is 5. The minimum Gasteiger partial charge on any atom is -0.504 e. The van der Waals surface area contributed by atoms with Crippen LogP contribution in [0.15, 0.2) is 33.8 Å². The molecule has 0 unspecified atom stereocenters. The zero-order valence-corrected chi connectivity index (χ0v) is 17.1. The number of rotatable bonds is 8. The van der Waals surface area contributed by atoms with Crippen molar-refractivity contribution in [2.75, 3.05) is 29.4 Å². The highest BCUT2D eigenvalue weighted by atomic mass is 32.2. The number of methoxy groups -OCH3 is 1. The molecule has 1 amide bonds. The second kappa shape index (κ2) is 9.25. The standard InChI is InChI=1S/C16H18N8O3S2/c1-9-7-28-15(19-9)20-13(26)8-29-16-23-22-14(24(16)17)21-18-6-10-3-4-12(27-2)11(25)5-10/h3-7,25H,8,17H2,1-2H3,(H,21,22)(H,19,20,26)/b18-6+. The van der Waals surface area contributed by atoms with Crippen molar-refractivity contribution < 1.29 is 14.6 Å². The van der Waals surface area contributed by atoms with Crippen LogP contribution in [0.2, 0.25) is 0 Å². The van der Waals surface area contributed by atoms with Crippen molar-refractivity contribution >= 4 is 46.3 Å². The molecule has 29 heavy (non-hydrogen) atoms. The molecule has 1 aromatic carbocycles. The highest BCUT2D eigenvalue weighted by Gasteiger charge is 2.13. The van der Waals surface area contributed by atoms with Gasteiger partial charge in [0.05, 0.1) is 24.8 Å². The van der Waals surface area contributed by atoms with Gasteiger partial charge in [0.1, 0.15) is 0 Å². The van der Waals surface area contributed by atoms with Crippen LogP contribution in [-0.2, 0) is 4.79 Å². The number of hydrogen-bond acceptors (Lipinski definition) is 11. The van der Waals surface area contributed by atoms with Gasteiger partial charge in [0, 0.05) is 5.38 Å². The minimum absolute atomic E-state index is 0.00307. The van der Waals surface area contributed by atoms with Crippen LogP contribution in [0, 0.1) is 6.92 Å². The van der Waals surface area contributed by atoms with E-state index in [0.717, 1.165) is 17.5 Å². The second-order valence-electron chi connectivity index (χ2n) is 5.61. The summed E-state index contributed by atoms with van der Waals surface area (Å²) in [6, 6.07) is 4.84. The number of aryl methyl sites for hydroxylation is 1. The van der Waals surface area contributed by atoms with E-state index >= 15 is 0 Å². The Hall–Kier alpha value is -3.32. The predicted molar refractivity (Wildman–Crippen MR) is 112 cm³/mol. The molecule has 5 N–H and O–H groups in total. The molecule has 0 fully saturated rings. The Morgan fingerprint density at radius 2 is 2.31 bits per heavy atom. The Morgan fingerprint density at radius 1 is 1.48 bits per heavy atom. The van der Waals surface area contributed by atoms with Gasteiger partial charge in [0.2, 0.25) is 11.1 Å². The van der Waals surface area contributed by atoms with Gasteiger partial charge >= 0.3 is 0 Å². The molecule has 3 aromatic rings. The van der Waals surface area contributed by atoms with Crippen LogP contribution in [0.4, 0.5) is 11.1 Å². The highest BCUT2D eigenvalue weighted by molar-refractivity contribution is 7.99. The summed E-state index contributed by atoms with van der Waals surface area (Å²) in [5.41, 5.74) is 4.15. The van der Waals surface area contributed by atoms with Gasteiger partial charge in [0.25, 0.3) is 5.95 Å². The van der Waals surface area contributed by atoms with E-state index in [-0.39, 0.29) is 23.4 Å². The first kappa shape index (κ1) is 20.4. The third-order valence-corrected chi connectivity index (χ3v) is 5.26. The Kier molecular flexibility index (Phi) is 6.51. The number of thiazole rings is 1. The van der Waals surface area contributed by atoms with Gasteiger partial charge in [-0.15, -0.1) is 21.5 Å². The molecular weight excluding hydrogens is 416 g/mol. The fourth-order valence-electron chi connectivity index (χ4n) is 2.10. The lowest BCUT2D eigenvalue weighted by Crippen LogP contribution is -2.16. The largest absolute Gasteiger partial charge is 0.504 e. The zero-order chi connectivity index (χ0) is 20.8. The Balaban J connectivity index is 1.53. The molecule has 0 aliphatic heterocycles. The van der Waals surface area contributed by atoms with Crippen molar-refractivity contribution in [3.05, 3.63) is 34.8 Å². The van der Waals surface area contributed by atoms with Crippen LogP contribution >= 0.6 is 23.1 Å². The van der Waals surface area contributed by atoms with E-state index in [9.17, 15) is 9.90 Å². The average molecular weight is 435 g/mol. The summed E-state index contributed by atoms with van der Waals surface area (Å²) < 4.78 is 6.17. The number of anilines is 2. The Labute approximate surface area is 174 Å². The fourth-order valence-corrected chi connectivity index (χ4v) is 3.46. The number of nitrogens with two attached hydrogens (primary N) is 1. The van der Waals surface area contributed by atoms with Crippen LogP contribution in [0.1, 0.15) is 11.3 Å². The maximum absolute atomic E-state index is 12.0. The summed E-state index contributed by atoms with van der Waals surface area (Å²) in [5, 5.41) is 27.0. The smallest absolute Gasteiger partial charge is 0.264 e. The molecule has 0 radical (unpaired) electrons. The first-order valence-corrected chi connectivity index (χ1v) is 10.0. The number of aromatic hydroxyl groups is 1. The molecule has 0 aliphatic carbocycles. The lowest BCUT2D eigenvalue weighted by atomic mass is 10.2. The highest BCUT2D eigenvalue weighted by Crippen LogP contribution is 2.25. The normalized spacial score (nSPS) is 11.0. The molecule has 2 aromatic heterocycles. The van der Waals surface area contributed by atoms with Crippen molar-refractivity contribution in [2.24, 2.45) is 5.10 Å². The lowest BCUT2D eigenvalue weighted by Gasteiger charge is -2.04. The average Bonchev–Trinajstić information content (AvgIpc) is 3.26. The number of phenols is 1. The van der Waals surface area contributed by atoms with Crippen LogP contribution in [-0.4, -0.2) is 49.9 Å². The SMILES string of the molecule is COc1ccc(/C=N/Nc2nnc(SCC(=O)Nc3nc(C)cs3)n2N)cc1O. The summed E-state index contributed by atoms with van der Waals surface area (Å²) in [5.74, 6) is 6.36. The summed E-state index contributed by atoms with van der Waals surface area (Å²) >= 11 is 2.49. The first-order chi connectivity index (χ1) is 14.0. The number of phenolic OH excluding ortho intramolecular Hbond substituents is 1. The first-order valence-electron chi connectivity index (χ1n) is 8.17. The van der Waals surface area contributed by atoms with Crippen LogP contribution in [0.3, 0.4) is 0 Å². The van der Waals surface area contributed by atoms with E-state index in [0.29, 0.717) is 21.6 Å². The van der Waals surface area contributed by atoms with E-state index in [1.54, 1.807) is 12.1 Å². The monoisotopic (exact) mass is 434 g/mol. The summed E-state index contributed by atoms with van der Waals surface area (Å²) in [7, 11) is 1.47. The van der Waals surface area contributed by atoms with Crippen molar-refractivity contribution in [3.8, 4) is 11.5 Å². The number of hydrogen-bond donors (Lipinski definition) is 4. The van der Waals surface area contributed by atoms with Crippen molar-refractivity contribution in [1.82, 2.24) is 19.9 Å². The van der Waals surface area contributed by atoms with E-state index in [2.05, 4.69) is 31.0 Å². The zero-order valence-electron chi connectivity index (χ0n) is 15.5. The molecule has 0 aliphatic rings. The maximum Gasteiger partial charge on any atom is 0.264 e. The summed E-state index contributed by atoms with van der Waals surface area (Å²) in [6.45, 7) is 1.85. The molecule has 0 atom stereocenters. The number of thioether (sulfide) groups is 1. The van der Waals surface area contributed by atoms with Gasteiger partial charge in [-0.1, -0.05) is 11.8 Å². The Morgan fingerprint density at radius 3 is 3.00 bits per heavy atom. The molecule has 3 rings (SSSR count). The van der Waals surface area contributed by atoms with Crippen LogP contribution in [0.5, 0.6) is 11.5 Å². The fraction of sp³-hybridized carbons (Fsp3) is 0.188. The maximum atomic E-state index is 12.0. The number of ether oxygens (including phenoxy) is 1. The van der Waals surface area contributed by atoms with E-state index < -0.39 is 0 Å². The lowest BCUT2D eigenvalue weighted by molar-refractivity contribution is -0.113. The number of nitrogen functional groups attached to an aromatic ring is 1. The minimum atomic E-state index is -0.223. The van der Waals surface area contributed by atoms with Crippen molar-refractivity contribution in [3.63, 3.8) is 0 Å². The molecular formula is C16H18N8O3S2. The van der Waals surface area contributed by atoms with Crippen molar-refractivity contribution in [2.45, 2.75) is 12.1 Å². The number of benzene rings is 1. The predicted octanol–water partition coefficient (Wildman–Crippen LogP) is 1.65. The van der Waals surface area contributed by atoms with Gasteiger partial charge < -0.3 is 21.0 Å². The van der Waals surface area contributed by atoms with Crippen molar-refractivity contribution in [1.29, 1.82) is 0 Å². The third-order valence-electron chi connectivity index (χ3n) is 3.44. The van der Waals surface area contributed by atoms with Gasteiger partial charge in [-0.05, 0) is 30.7 Å². The number of aromatic nitrogens is 4. The van der Waals surface area contributed by atoms with E-state index in [4.69, 9.17) is 10.6 Å². The van der Waals surface area contributed by atoms with Crippen LogP contribution in [0.25, 0.3) is 0 Å². The topological polar surface area (TPSA) is 153 Å². The van der Waals surface area contributed by atoms with Gasteiger partial charge in [-0.3, -0.25) is 4.79 Å². The molecule has 2 heterocycles. The number of hydrazone groups is 1. The second-order valence-corrected chi connectivity index (χ2v) is 7.41. The molecule has 13 heteroatoms. The number of nitrogens with one attached hydrogen (secondary N) is 2. The summed E-state index contributed by atoms with van der Waals surface area (Å²) in [4.78, 5) is 16.2. The van der Waals surface area contributed by atoms with Gasteiger partial charge in [0.15, 0.2) is 16.6 Å². The van der Waals surface area contributed by atoms with E-state index in [1.165, 1.54) is 35.4 Å². The van der Waals surface area contributed by atoms with Crippen LogP contribution < -0.4 is 21.3 Å². The molecule has 152 valence electrons. The van der Waals surface area contributed by atoms with E-state index in [1.807, 2.05) is 12.3 Å². The van der Waals surface area contributed by atoms with Gasteiger partial charge in [-0.25, -0.2) is 15.1 Å². The molecule has 0 bridgehead atoms. The Bertz CT molecular complexity index is 1030. The molecule has 0 saturated heterocycles. The quantitative estimate of drug-likeness (QED) is 0.179. The third kappa shape index (κ3) is 5.36. The molecule has 0 spiro atoms. The summed E-state index contributed by atoms with van der Waals surface area (Å²) in [6.07, 6.45) is 1.48. The number of amides is 1. The van der Waals surface area contributed by atoms with Gasteiger partial charge in [-0.2, -0.15) is 5.10 Å². The molecule has 11 nitrogen and oxygen atoms in total. The number of carbonyl (C=O) groups is 1. The molecule has 0 saturated carbocycles. The number of carbonyl (C=O) groups excluding carboxylic acids is 1.